The number of hydrogen-bond donors (Lipinski definition) is 1. The summed E-state index contributed by atoms with van der Waals surface area (Å²) in [7, 11) is -3.02. The zero-order chi connectivity index (χ0) is 17.2. The molecular weight excluding hydrogens is 318 g/mol. The van der Waals surface area contributed by atoms with Crippen LogP contribution in [0.2, 0.25) is 0 Å². The van der Waals surface area contributed by atoms with Gasteiger partial charge >= 0.3 is 0 Å². The predicted octanol–water partition coefficient (Wildman–Crippen LogP) is 2.69. The van der Waals surface area contributed by atoms with Gasteiger partial charge in [-0.05, 0) is 26.3 Å². The van der Waals surface area contributed by atoms with E-state index >= 15 is 0 Å². The van der Waals surface area contributed by atoms with Gasteiger partial charge in [-0.3, -0.25) is 10.1 Å². The van der Waals surface area contributed by atoms with Gasteiger partial charge in [0.2, 0.25) is 0 Å². The van der Waals surface area contributed by atoms with E-state index in [0.717, 1.165) is 5.69 Å². The lowest BCUT2D eigenvalue weighted by atomic mass is 10.1. The molecule has 0 radical (unpaired) electrons. The minimum absolute atomic E-state index is 0.0435. The van der Waals surface area contributed by atoms with Gasteiger partial charge in [-0.25, -0.2) is 13.4 Å². The number of para-hydroxylation sites is 1. The monoisotopic (exact) mass is 337 g/mol. The molecular formula is C15H19N3O4S. The summed E-state index contributed by atoms with van der Waals surface area (Å²) in [5, 5.41) is 15.0. The first-order valence-corrected chi connectivity index (χ1v) is 9.22. The molecule has 1 atom stereocenters. The van der Waals surface area contributed by atoms with Crippen LogP contribution in [0.1, 0.15) is 19.0 Å². The molecule has 0 amide bonds. The van der Waals surface area contributed by atoms with Crippen molar-refractivity contribution < 1.29 is 13.3 Å². The van der Waals surface area contributed by atoms with E-state index < -0.39 is 14.8 Å². The molecule has 0 spiro atoms. The van der Waals surface area contributed by atoms with E-state index in [9.17, 15) is 18.5 Å². The molecule has 23 heavy (non-hydrogen) atoms. The Morgan fingerprint density at radius 3 is 2.70 bits per heavy atom. The van der Waals surface area contributed by atoms with Crippen LogP contribution in [0, 0.1) is 17.0 Å². The largest absolute Gasteiger partial charge is 0.382 e. The van der Waals surface area contributed by atoms with E-state index in [-0.39, 0.29) is 17.5 Å². The molecule has 7 nitrogen and oxygen atoms in total. The van der Waals surface area contributed by atoms with Gasteiger partial charge in [-0.2, -0.15) is 0 Å². The number of nitro benzene ring substituents is 1. The number of nitrogens with one attached hydrogen (secondary N) is 1. The Bertz CT molecular complexity index is 849. The Hall–Kier alpha value is -2.22. The Morgan fingerprint density at radius 1 is 1.39 bits per heavy atom. The normalized spacial score (nSPS) is 13.0. The number of nitrogens with zero attached hydrogens (tertiary/aromatic N) is 2. The Labute approximate surface area is 134 Å². The van der Waals surface area contributed by atoms with Gasteiger partial charge in [-0.1, -0.05) is 12.1 Å². The number of fused-ring (bicyclic) bond motifs is 1. The molecule has 1 unspecified atom stereocenters. The molecule has 2 aromatic rings. The summed E-state index contributed by atoms with van der Waals surface area (Å²) >= 11 is 0. The van der Waals surface area contributed by atoms with Crippen LogP contribution in [0.15, 0.2) is 24.3 Å². The maximum atomic E-state index is 11.3. The second-order valence-corrected chi connectivity index (χ2v) is 7.97. The molecule has 0 bridgehead atoms. The number of non-ortho nitro benzene ring substituents is 1. The number of pyridine rings is 1. The summed E-state index contributed by atoms with van der Waals surface area (Å²) in [4.78, 5) is 15.0. The van der Waals surface area contributed by atoms with Gasteiger partial charge in [0.1, 0.15) is 9.84 Å². The minimum atomic E-state index is -3.02. The average Bonchev–Trinajstić information content (AvgIpc) is 2.43. The highest BCUT2D eigenvalue weighted by molar-refractivity contribution is 7.90. The summed E-state index contributed by atoms with van der Waals surface area (Å²) in [5.41, 5.74) is 1.66. The van der Waals surface area contributed by atoms with Gasteiger partial charge in [-0.15, -0.1) is 0 Å². The van der Waals surface area contributed by atoms with Gasteiger partial charge in [0.05, 0.1) is 10.7 Å². The Kier molecular flexibility index (Phi) is 4.84. The first kappa shape index (κ1) is 17.1. The van der Waals surface area contributed by atoms with Crippen LogP contribution in [-0.4, -0.2) is 36.4 Å². The lowest BCUT2D eigenvalue weighted by Gasteiger charge is -2.17. The van der Waals surface area contributed by atoms with Crippen molar-refractivity contribution in [1.82, 2.24) is 4.98 Å². The van der Waals surface area contributed by atoms with Crippen molar-refractivity contribution in [3.63, 3.8) is 0 Å². The fraction of sp³-hybridized carbons (Fsp3) is 0.400. The lowest BCUT2D eigenvalue weighted by molar-refractivity contribution is -0.383. The summed E-state index contributed by atoms with van der Waals surface area (Å²) in [6.45, 7) is 3.65. The van der Waals surface area contributed by atoms with E-state index in [2.05, 4.69) is 10.3 Å². The molecule has 0 saturated carbocycles. The number of aromatic nitrogens is 1. The van der Waals surface area contributed by atoms with E-state index in [1.54, 1.807) is 19.1 Å². The third-order valence-electron chi connectivity index (χ3n) is 3.47. The number of nitro groups is 1. The first-order chi connectivity index (χ1) is 10.7. The van der Waals surface area contributed by atoms with Gasteiger partial charge in [0, 0.05) is 35.1 Å². The zero-order valence-electron chi connectivity index (χ0n) is 13.2. The molecule has 8 heteroatoms. The second kappa shape index (κ2) is 6.49. The van der Waals surface area contributed by atoms with E-state index in [1.807, 2.05) is 13.0 Å². The van der Waals surface area contributed by atoms with Crippen LogP contribution in [0.4, 0.5) is 11.4 Å². The van der Waals surface area contributed by atoms with E-state index in [0.29, 0.717) is 23.0 Å². The zero-order valence-corrected chi connectivity index (χ0v) is 14.1. The van der Waals surface area contributed by atoms with Crippen LogP contribution in [-0.2, 0) is 9.84 Å². The van der Waals surface area contributed by atoms with Crippen LogP contribution in [0.25, 0.3) is 10.9 Å². The first-order valence-electron chi connectivity index (χ1n) is 7.16. The van der Waals surface area contributed by atoms with Crippen molar-refractivity contribution in [2.45, 2.75) is 26.3 Å². The molecule has 0 aliphatic carbocycles. The van der Waals surface area contributed by atoms with Crippen molar-refractivity contribution in [3.8, 4) is 0 Å². The maximum Gasteiger partial charge on any atom is 0.295 e. The van der Waals surface area contributed by atoms with Crippen molar-refractivity contribution >= 4 is 32.1 Å². The maximum absolute atomic E-state index is 11.3. The quantitative estimate of drug-likeness (QED) is 0.642. The van der Waals surface area contributed by atoms with Gasteiger partial charge in [0.15, 0.2) is 5.52 Å². The van der Waals surface area contributed by atoms with Crippen molar-refractivity contribution in [2.24, 2.45) is 0 Å². The van der Waals surface area contributed by atoms with Crippen molar-refractivity contribution in [2.75, 3.05) is 17.3 Å². The van der Waals surface area contributed by atoms with E-state index in [4.69, 9.17) is 0 Å². The Morgan fingerprint density at radius 2 is 2.09 bits per heavy atom. The topological polar surface area (TPSA) is 102 Å². The highest BCUT2D eigenvalue weighted by Crippen LogP contribution is 2.30. The third-order valence-corrected chi connectivity index (χ3v) is 4.44. The van der Waals surface area contributed by atoms with Gasteiger partial charge in [0.25, 0.3) is 5.69 Å². The molecule has 1 heterocycles. The van der Waals surface area contributed by atoms with Crippen molar-refractivity contribution in [1.29, 1.82) is 0 Å². The fourth-order valence-electron chi connectivity index (χ4n) is 2.36. The summed E-state index contributed by atoms with van der Waals surface area (Å²) in [6.07, 6.45) is 1.66. The molecule has 1 N–H and O–H groups in total. The SMILES string of the molecule is Cc1cc(NC(C)CCS(C)(=O)=O)c2cccc([N+](=O)[O-])c2n1. The molecule has 0 saturated heterocycles. The Balaban J connectivity index is 2.37. The molecule has 2 rings (SSSR count). The minimum Gasteiger partial charge on any atom is -0.382 e. The summed E-state index contributed by atoms with van der Waals surface area (Å²) in [6, 6.07) is 6.52. The highest BCUT2D eigenvalue weighted by atomic mass is 32.2. The van der Waals surface area contributed by atoms with Gasteiger partial charge < -0.3 is 5.32 Å². The number of rotatable bonds is 6. The summed E-state index contributed by atoms with van der Waals surface area (Å²) in [5.74, 6) is 0.0866. The van der Waals surface area contributed by atoms with Crippen LogP contribution in [0.5, 0.6) is 0 Å². The van der Waals surface area contributed by atoms with Crippen LogP contribution in [0.3, 0.4) is 0 Å². The molecule has 0 aliphatic rings. The number of benzene rings is 1. The van der Waals surface area contributed by atoms with Crippen LogP contribution >= 0.6 is 0 Å². The number of anilines is 1. The smallest absolute Gasteiger partial charge is 0.295 e. The highest BCUT2D eigenvalue weighted by Gasteiger charge is 2.16. The lowest BCUT2D eigenvalue weighted by Crippen LogP contribution is -2.19. The third kappa shape index (κ3) is 4.38. The average molecular weight is 337 g/mol. The fourth-order valence-corrected chi connectivity index (χ4v) is 3.14. The van der Waals surface area contributed by atoms with Crippen LogP contribution < -0.4 is 5.32 Å². The molecule has 1 aromatic heterocycles. The van der Waals surface area contributed by atoms with E-state index in [1.165, 1.54) is 12.3 Å². The standard InChI is InChI=1S/C15H19N3O4S/c1-10(7-8-23(3,21)22)16-13-9-11(2)17-15-12(13)5-4-6-14(15)18(19)20/h4-6,9-10H,7-8H2,1-3H3,(H,16,17). The predicted molar refractivity (Wildman–Crippen MR) is 90.5 cm³/mol. The number of aryl methyl sites for hydroxylation is 1. The molecule has 0 fully saturated rings. The van der Waals surface area contributed by atoms with Crippen molar-refractivity contribution in [3.05, 3.63) is 40.1 Å². The molecule has 124 valence electrons. The molecule has 0 aliphatic heterocycles. The molecule has 1 aromatic carbocycles. The second-order valence-electron chi connectivity index (χ2n) is 5.71. The summed E-state index contributed by atoms with van der Waals surface area (Å²) < 4.78 is 22.5. The number of sulfone groups is 1. The number of hydrogen-bond acceptors (Lipinski definition) is 6.